The molecule has 2 unspecified atom stereocenters. The number of carboxylic acid groups (broad SMARTS) is 1. The van der Waals surface area contributed by atoms with Crippen LogP contribution in [-0.4, -0.2) is 33.5 Å². The first-order valence-corrected chi connectivity index (χ1v) is 8.80. The second-order valence-electron chi connectivity index (χ2n) is 6.04. The van der Waals surface area contributed by atoms with E-state index in [1.165, 1.54) is 0 Å². The molecule has 0 aliphatic carbocycles. The minimum Gasteiger partial charge on any atom is -0.481 e. The van der Waals surface area contributed by atoms with Crippen LogP contribution in [0.25, 0.3) is 0 Å². The van der Waals surface area contributed by atoms with E-state index in [1.54, 1.807) is 0 Å². The van der Waals surface area contributed by atoms with Crippen LogP contribution < -0.4 is 0 Å². The minimum atomic E-state index is -0.710. The van der Waals surface area contributed by atoms with Gasteiger partial charge in [0.2, 0.25) is 0 Å². The predicted molar refractivity (Wildman–Crippen MR) is 89.9 cm³/mol. The van der Waals surface area contributed by atoms with E-state index in [0.717, 1.165) is 57.8 Å². The van der Waals surface area contributed by atoms with Gasteiger partial charge in [-0.05, 0) is 32.1 Å². The van der Waals surface area contributed by atoms with Gasteiger partial charge in [-0.15, -0.1) is 0 Å². The van der Waals surface area contributed by atoms with Crippen molar-refractivity contribution in [3.63, 3.8) is 0 Å². The molecule has 0 aromatic carbocycles. The Morgan fingerprint density at radius 2 is 1.59 bits per heavy atom. The van der Waals surface area contributed by atoms with Gasteiger partial charge < -0.3 is 15.3 Å². The van der Waals surface area contributed by atoms with Crippen LogP contribution in [-0.2, 0) is 4.79 Å². The quantitative estimate of drug-likeness (QED) is 0.315. The molecule has 2 atom stereocenters. The number of aliphatic hydroxyl groups excluding tert-OH is 2. The zero-order chi connectivity index (χ0) is 16.6. The van der Waals surface area contributed by atoms with Gasteiger partial charge in [-0.3, -0.25) is 4.79 Å². The molecule has 22 heavy (non-hydrogen) atoms. The Kier molecular flexibility index (Phi) is 14.4. The van der Waals surface area contributed by atoms with Crippen molar-refractivity contribution < 1.29 is 20.1 Å². The van der Waals surface area contributed by atoms with E-state index in [-0.39, 0.29) is 6.42 Å². The van der Waals surface area contributed by atoms with E-state index in [1.807, 2.05) is 6.08 Å². The van der Waals surface area contributed by atoms with Crippen molar-refractivity contribution in [2.45, 2.75) is 96.2 Å². The third-order valence-electron chi connectivity index (χ3n) is 3.85. The van der Waals surface area contributed by atoms with E-state index in [9.17, 15) is 15.0 Å². The van der Waals surface area contributed by atoms with Crippen LogP contribution in [0, 0.1) is 0 Å². The fourth-order valence-corrected chi connectivity index (χ4v) is 2.38. The molecular weight excluding hydrogens is 280 g/mol. The van der Waals surface area contributed by atoms with E-state index >= 15 is 0 Å². The lowest BCUT2D eigenvalue weighted by Gasteiger charge is -2.15. The normalized spacial score (nSPS) is 14.3. The fraction of sp³-hybridized carbons (Fsp3) is 0.833. The summed E-state index contributed by atoms with van der Waals surface area (Å²) in [6, 6.07) is 0. The highest BCUT2D eigenvalue weighted by atomic mass is 16.4. The van der Waals surface area contributed by atoms with Crippen LogP contribution in [0.5, 0.6) is 0 Å². The van der Waals surface area contributed by atoms with Gasteiger partial charge in [-0.1, -0.05) is 57.6 Å². The van der Waals surface area contributed by atoms with Gasteiger partial charge in [0.1, 0.15) is 0 Å². The largest absolute Gasteiger partial charge is 0.481 e. The number of carbonyl (C=O) groups is 1. The Morgan fingerprint density at radius 1 is 0.909 bits per heavy atom. The lowest BCUT2D eigenvalue weighted by molar-refractivity contribution is -0.137. The van der Waals surface area contributed by atoms with Crippen LogP contribution in [0.4, 0.5) is 0 Å². The molecule has 0 aliphatic rings. The van der Waals surface area contributed by atoms with Crippen molar-refractivity contribution in [3.05, 3.63) is 12.2 Å². The van der Waals surface area contributed by atoms with E-state index in [2.05, 4.69) is 13.0 Å². The number of hydrogen-bond donors (Lipinski definition) is 3. The number of aliphatic hydroxyl groups is 2. The number of allylic oxidation sites excluding steroid dienone is 1. The molecule has 0 saturated heterocycles. The average Bonchev–Trinajstić information content (AvgIpc) is 2.48. The van der Waals surface area contributed by atoms with Crippen molar-refractivity contribution in [1.29, 1.82) is 0 Å². The van der Waals surface area contributed by atoms with E-state index < -0.39 is 18.2 Å². The standard InChI is InChI=1S/C18H34O4/c1-2-3-10-13-16(19)17(20)14-11-8-6-4-5-7-9-12-15-18(21)22/h8,11,16-17,19-20H,2-7,9-10,12-15H2,1H3,(H,21,22)/b11-8-. The summed E-state index contributed by atoms with van der Waals surface area (Å²) in [6.45, 7) is 2.12. The van der Waals surface area contributed by atoms with Gasteiger partial charge in [0.25, 0.3) is 0 Å². The van der Waals surface area contributed by atoms with Crippen molar-refractivity contribution >= 4 is 5.97 Å². The zero-order valence-electron chi connectivity index (χ0n) is 14.0. The first-order valence-electron chi connectivity index (χ1n) is 8.80. The molecule has 3 N–H and O–H groups in total. The summed E-state index contributed by atoms with van der Waals surface area (Å²) in [6.07, 6.45) is 13.5. The van der Waals surface area contributed by atoms with Crippen LogP contribution in [0.2, 0.25) is 0 Å². The van der Waals surface area contributed by atoms with Crippen molar-refractivity contribution in [2.24, 2.45) is 0 Å². The predicted octanol–water partition coefficient (Wildman–Crippen LogP) is 4.05. The maximum atomic E-state index is 10.3. The maximum absolute atomic E-state index is 10.3. The number of unbranched alkanes of at least 4 members (excludes halogenated alkanes) is 7. The van der Waals surface area contributed by atoms with Gasteiger partial charge in [0, 0.05) is 6.42 Å². The van der Waals surface area contributed by atoms with E-state index in [0.29, 0.717) is 12.8 Å². The SMILES string of the molecule is CCCCCC(O)C(O)C/C=C\CCCCCCCC(=O)O. The monoisotopic (exact) mass is 314 g/mol. The van der Waals surface area contributed by atoms with Crippen molar-refractivity contribution in [3.8, 4) is 0 Å². The highest BCUT2D eigenvalue weighted by Gasteiger charge is 2.13. The molecule has 4 heteroatoms. The average molecular weight is 314 g/mol. The lowest BCUT2D eigenvalue weighted by atomic mass is 10.0. The van der Waals surface area contributed by atoms with Crippen LogP contribution in [0.3, 0.4) is 0 Å². The maximum Gasteiger partial charge on any atom is 0.303 e. The molecule has 0 aliphatic heterocycles. The number of aliphatic carboxylic acids is 1. The highest BCUT2D eigenvalue weighted by molar-refractivity contribution is 5.66. The van der Waals surface area contributed by atoms with Gasteiger partial charge >= 0.3 is 5.97 Å². The van der Waals surface area contributed by atoms with Gasteiger partial charge in [-0.25, -0.2) is 0 Å². The number of carboxylic acids is 1. The number of hydrogen-bond acceptors (Lipinski definition) is 3. The summed E-state index contributed by atoms with van der Waals surface area (Å²) in [5.41, 5.74) is 0. The summed E-state index contributed by atoms with van der Waals surface area (Å²) in [5, 5.41) is 28.1. The smallest absolute Gasteiger partial charge is 0.303 e. The minimum absolute atomic E-state index is 0.276. The molecule has 0 bridgehead atoms. The Hall–Kier alpha value is -0.870. The van der Waals surface area contributed by atoms with E-state index in [4.69, 9.17) is 5.11 Å². The Morgan fingerprint density at radius 3 is 2.27 bits per heavy atom. The molecule has 0 heterocycles. The molecule has 4 nitrogen and oxygen atoms in total. The molecular formula is C18H34O4. The first kappa shape index (κ1) is 21.1. The lowest BCUT2D eigenvalue weighted by Crippen LogP contribution is -2.25. The summed E-state index contributed by atoms with van der Waals surface area (Å²) < 4.78 is 0. The molecule has 0 fully saturated rings. The van der Waals surface area contributed by atoms with Gasteiger partial charge in [0.05, 0.1) is 12.2 Å². The highest BCUT2D eigenvalue weighted by Crippen LogP contribution is 2.11. The fourth-order valence-electron chi connectivity index (χ4n) is 2.38. The second kappa shape index (κ2) is 15.0. The third kappa shape index (κ3) is 14.1. The molecule has 0 radical (unpaired) electrons. The van der Waals surface area contributed by atoms with Gasteiger partial charge in [-0.2, -0.15) is 0 Å². The van der Waals surface area contributed by atoms with Crippen LogP contribution in [0.1, 0.15) is 84.0 Å². The topological polar surface area (TPSA) is 77.8 Å². The Bertz CT molecular complexity index is 289. The second-order valence-corrected chi connectivity index (χ2v) is 6.04. The van der Waals surface area contributed by atoms with Gasteiger partial charge in [0.15, 0.2) is 0 Å². The molecule has 0 saturated carbocycles. The Balaban J connectivity index is 3.43. The van der Waals surface area contributed by atoms with Crippen molar-refractivity contribution in [2.75, 3.05) is 0 Å². The van der Waals surface area contributed by atoms with Crippen molar-refractivity contribution in [1.82, 2.24) is 0 Å². The molecule has 0 amide bonds. The summed E-state index contributed by atoms with van der Waals surface area (Å²) in [5.74, 6) is -0.710. The molecule has 0 aromatic heterocycles. The zero-order valence-corrected chi connectivity index (χ0v) is 14.0. The molecule has 0 aromatic rings. The number of rotatable bonds is 15. The summed E-state index contributed by atoms with van der Waals surface area (Å²) in [7, 11) is 0. The van der Waals surface area contributed by atoms with Crippen LogP contribution >= 0.6 is 0 Å². The Labute approximate surface area is 135 Å². The summed E-state index contributed by atoms with van der Waals surface area (Å²) in [4.78, 5) is 10.3. The molecule has 0 spiro atoms. The summed E-state index contributed by atoms with van der Waals surface area (Å²) >= 11 is 0. The third-order valence-corrected chi connectivity index (χ3v) is 3.85. The van der Waals surface area contributed by atoms with Crippen LogP contribution in [0.15, 0.2) is 12.2 Å². The first-order chi connectivity index (χ1) is 10.6. The molecule has 0 rings (SSSR count). The molecule has 130 valence electrons.